The number of amides is 1. The summed E-state index contributed by atoms with van der Waals surface area (Å²) in [4.78, 5) is 14.2. The number of nitrogens with one attached hydrogen (secondary N) is 1. The van der Waals surface area contributed by atoms with Gasteiger partial charge in [0.2, 0.25) is 5.91 Å². The third kappa shape index (κ3) is 5.38. The Morgan fingerprint density at radius 1 is 0.931 bits per heavy atom. The fourth-order valence-corrected chi connectivity index (χ4v) is 4.10. The Balaban J connectivity index is 1.91. The first-order chi connectivity index (χ1) is 14.0. The van der Waals surface area contributed by atoms with Gasteiger partial charge in [0.25, 0.3) is 0 Å². The molecule has 3 rings (SSSR count). The van der Waals surface area contributed by atoms with Crippen LogP contribution in [0.2, 0.25) is 10.0 Å². The molecule has 3 aromatic rings. The topological polar surface area (TPSA) is 47.6 Å². The van der Waals surface area contributed by atoms with Crippen molar-refractivity contribution in [2.75, 3.05) is 19.5 Å². The average Bonchev–Trinajstić information content (AvgIpc) is 2.74. The van der Waals surface area contributed by atoms with Gasteiger partial charge in [-0.3, -0.25) is 4.79 Å². The molecule has 4 nitrogen and oxygen atoms in total. The van der Waals surface area contributed by atoms with E-state index in [1.165, 1.54) is 26.0 Å². The van der Waals surface area contributed by atoms with Crippen LogP contribution in [-0.2, 0) is 4.79 Å². The minimum atomic E-state index is -0.483. The van der Waals surface area contributed by atoms with Crippen LogP contribution in [0, 0.1) is 0 Å². The summed E-state index contributed by atoms with van der Waals surface area (Å²) in [6.45, 7) is 0. The van der Waals surface area contributed by atoms with E-state index in [0.717, 1.165) is 10.5 Å². The highest BCUT2D eigenvalue weighted by atomic mass is 35.5. The third-order valence-corrected chi connectivity index (χ3v) is 5.95. The monoisotopic (exact) mass is 447 g/mol. The Morgan fingerprint density at radius 3 is 2.21 bits per heavy atom. The molecule has 0 radical (unpaired) electrons. The molecule has 0 fully saturated rings. The molecule has 1 atom stereocenters. The van der Waals surface area contributed by atoms with E-state index in [0.29, 0.717) is 27.2 Å². The Morgan fingerprint density at radius 2 is 1.59 bits per heavy atom. The second-order valence-electron chi connectivity index (χ2n) is 6.04. The van der Waals surface area contributed by atoms with Crippen LogP contribution < -0.4 is 14.8 Å². The van der Waals surface area contributed by atoms with Crippen LogP contribution in [0.1, 0.15) is 10.8 Å². The molecule has 0 aliphatic heterocycles. The van der Waals surface area contributed by atoms with Crippen molar-refractivity contribution in [1.82, 2.24) is 0 Å². The zero-order valence-corrected chi connectivity index (χ0v) is 18.1. The second-order valence-corrected chi connectivity index (χ2v) is 8.06. The Kier molecular flexibility index (Phi) is 7.31. The zero-order chi connectivity index (χ0) is 20.8. The number of methoxy groups -OCH3 is 2. The number of hydrogen-bond acceptors (Lipinski definition) is 4. The van der Waals surface area contributed by atoms with Gasteiger partial charge in [-0.2, -0.15) is 0 Å². The van der Waals surface area contributed by atoms with Gasteiger partial charge in [0, 0.05) is 16.0 Å². The Bertz CT molecular complexity index is 981. The van der Waals surface area contributed by atoms with Crippen molar-refractivity contribution < 1.29 is 14.3 Å². The Labute approximate surface area is 184 Å². The number of rotatable bonds is 7. The molecule has 1 unspecified atom stereocenters. The number of carbonyl (C=O) groups excluding carboxylic acids is 1. The van der Waals surface area contributed by atoms with E-state index in [4.69, 9.17) is 32.7 Å². The van der Waals surface area contributed by atoms with E-state index >= 15 is 0 Å². The average molecular weight is 448 g/mol. The van der Waals surface area contributed by atoms with Gasteiger partial charge >= 0.3 is 0 Å². The van der Waals surface area contributed by atoms with Crippen LogP contribution in [0.5, 0.6) is 11.5 Å². The van der Waals surface area contributed by atoms with E-state index in [1.54, 1.807) is 24.3 Å². The van der Waals surface area contributed by atoms with Crippen LogP contribution in [0.3, 0.4) is 0 Å². The maximum absolute atomic E-state index is 13.2. The van der Waals surface area contributed by atoms with Crippen LogP contribution in [0.4, 0.5) is 5.69 Å². The molecule has 0 aliphatic carbocycles. The maximum Gasteiger partial charge on any atom is 0.242 e. The molecule has 0 aromatic heterocycles. The molecule has 1 amide bonds. The van der Waals surface area contributed by atoms with Crippen molar-refractivity contribution >= 4 is 46.6 Å². The summed E-state index contributed by atoms with van der Waals surface area (Å²) < 4.78 is 10.6. The Hall–Kier alpha value is -2.34. The number of ether oxygens (including phenoxy) is 2. The lowest BCUT2D eigenvalue weighted by Crippen LogP contribution is -2.19. The number of thioether (sulfide) groups is 1. The quantitative estimate of drug-likeness (QED) is 0.420. The lowest BCUT2D eigenvalue weighted by molar-refractivity contribution is -0.115. The molecule has 7 heteroatoms. The molecule has 0 saturated carbocycles. The number of carbonyl (C=O) groups is 1. The standard InChI is InChI=1S/C22H19Cl2NO3S/c1-27-19-13-20(28-2)18(12-17(19)24)25-22(26)21(14-6-4-3-5-7-14)29-16-10-8-15(23)9-11-16/h3-13,21H,1-2H3,(H,25,26). The SMILES string of the molecule is COc1cc(OC)c(NC(=O)C(Sc2ccc(Cl)cc2)c2ccccc2)cc1Cl. The van der Waals surface area contributed by atoms with E-state index in [9.17, 15) is 4.79 Å². The van der Waals surface area contributed by atoms with E-state index < -0.39 is 5.25 Å². The molecular weight excluding hydrogens is 429 g/mol. The number of halogens is 2. The first-order valence-electron chi connectivity index (χ1n) is 8.71. The number of anilines is 1. The van der Waals surface area contributed by atoms with Crippen molar-refractivity contribution in [1.29, 1.82) is 0 Å². The summed E-state index contributed by atoms with van der Waals surface area (Å²) in [5.74, 6) is 0.732. The van der Waals surface area contributed by atoms with Crippen molar-refractivity contribution in [3.05, 3.63) is 82.3 Å². The van der Waals surface area contributed by atoms with E-state index in [2.05, 4.69) is 5.32 Å². The molecule has 0 aliphatic rings. The number of hydrogen-bond donors (Lipinski definition) is 1. The van der Waals surface area contributed by atoms with Crippen LogP contribution in [-0.4, -0.2) is 20.1 Å². The maximum atomic E-state index is 13.2. The highest BCUT2D eigenvalue weighted by molar-refractivity contribution is 8.00. The molecule has 29 heavy (non-hydrogen) atoms. The van der Waals surface area contributed by atoms with Gasteiger partial charge in [-0.05, 0) is 35.9 Å². The predicted molar refractivity (Wildman–Crippen MR) is 120 cm³/mol. The molecular formula is C22H19Cl2NO3S. The predicted octanol–water partition coefficient (Wildman–Crippen LogP) is 6.48. The molecule has 0 saturated heterocycles. The van der Waals surface area contributed by atoms with Gasteiger partial charge in [0.1, 0.15) is 16.7 Å². The van der Waals surface area contributed by atoms with Crippen molar-refractivity contribution in [2.45, 2.75) is 10.1 Å². The zero-order valence-electron chi connectivity index (χ0n) is 15.8. The summed E-state index contributed by atoms with van der Waals surface area (Å²) in [5.41, 5.74) is 1.35. The highest BCUT2D eigenvalue weighted by Crippen LogP contribution is 2.39. The molecule has 3 aromatic carbocycles. The lowest BCUT2D eigenvalue weighted by Gasteiger charge is -2.19. The minimum Gasteiger partial charge on any atom is -0.495 e. The summed E-state index contributed by atoms with van der Waals surface area (Å²) in [6.07, 6.45) is 0. The van der Waals surface area contributed by atoms with Gasteiger partial charge in [0.05, 0.1) is 24.9 Å². The fourth-order valence-electron chi connectivity index (χ4n) is 2.71. The summed E-state index contributed by atoms with van der Waals surface area (Å²) in [6, 6.07) is 20.2. The first-order valence-corrected chi connectivity index (χ1v) is 10.3. The summed E-state index contributed by atoms with van der Waals surface area (Å²) in [5, 5.41) is 3.48. The largest absolute Gasteiger partial charge is 0.495 e. The normalized spacial score (nSPS) is 11.6. The third-order valence-electron chi connectivity index (χ3n) is 4.14. The van der Waals surface area contributed by atoms with Gasteiger partial charge in [-0.1, -0.05) is 53.5 Å². The summed E-state index contributed by atoms with van der Waals surface area (Å²) in [7, 11) is 3.04. The van der Waals surface area contributed by atoms with Gasteiger partial charge in [0.15, 0.2) is 0 Å². The molecule has 150 valence electrons. The highest BCUT2D eigenvalue weighted by Gasteiger charge is 2.24. The fraction of sp³-hybridized carbons (Fsp3) is 0.136. The van der Waals surface area contributed by atoms with Crippen LogP contribution in [0.15, 0.2) is 71.6 Å². The summed E-state index contributed by atoms with van der Waals surface area (Å²) >= 11 is 13.7. The van der Waals surface area contributed by atoms with E-state index in [-0.39, 0.29) is 5.91 Å². The van der Waals surface area contributed by atoms with E-state index in [1.807, 2.05) is 42.5 Å². The number of benzene rings is 3. The first kappa shape index (κ1) is 21.4. The van der Waals surface area contributed by atoms with Crippen LogP contribution >= 0.6 is 35.0 Å². The van der Waals surface area contributed by atoms with Crippen molar-refractivity contribution in [2.24, 2.45) is 0 Å². The minimum absolute atomic E-state index is 0.198. The molecule has 0 heterocycles. The lowest BCUT2D eigenvalue weighted by atomic mass is 10.1. The van der Waals surface area contributed by atoms with Crippen LogP contribution in [0.25, 0.3) is 0 Å². The smallest absolute Gasteiger partial charge is 0.242 e. The molecule has 0 spiro atoms. The van der Waals surface area contributed by atoms with Gasteiger partial charge < -0.3 is 14.8 Å². The second kappa shape index (κ2) is 9.92. The van der Waals surface area contributed by atoms with Crippen molar-refractivity contribution in [3.63, 3.8) is 0 Å². The molecule has 1 N–H and O–H groups in total. The van der Waals surface area contributed by atoms with Gasteiger partial charge in [-0.15, -0.1) is 11.8 Å². The van der Waals surface area contributed by atoms with Crippen molar-refractivity contribution in [3.8, 4) is 11.5 Å². The van der Waals surface area contributed by atoms with Gasteiger partial charge in [-0.25, -0.2) is 0 Å². The molecule has 0 bridgehead atoms.